The van der Waals surface area contributed by atoms with Crippen molar-refractivity contribution in [3.05, 3.63) is 89.0 Å². The van der Waals surface area contributed by atoms with Crippen LogP contribution in [0.4, 0.5) is 5.69 Å². The summed E-state index contributed by atoms with van der Waals surface area (Å²) in [5, 5.41) is 12.1. The number of amides is 1. The molecule has 0 saturated heterocycles. The highest BCUT2D eigenvalue weighted by Crippen LogP contribution is 2.36. The van der Waals surface area contributed by atoms with Gasteiger partial charge in [-0.05, 0) is 59.4 Å². The number of hydrogen-bond donors (Lipinski definition) is 2. The molecule has 1 aliphatic heterocycles. The van der Waals surface area contributed by atoms with E-state index in [1.54, 1.807) is 0 Å². The normalized spacial score (nSPS) is 12.8. The first-order valence-electron chi connectivity index (χ1n) is 10.1. The van der Waals surface area contributed by atoms with E-state index in [1.807, 2.05) is 60.4 Å². The summed E-state index contributed by atoms with van der Waals surface area (Å²) in [6.07, 6.45) is 0.869. The lowest BCUT2D eigenvalue weighted by Crippen LogP contribution is -2.29. The maximum atomic E-state index is 13.3. The first kappa shape index (κ1) is 19.4. The Labute approximate surface area is 171 Å². The summed E-state index contributed by atoms with van der Waals surface area (Å²) in [5.41, 5.74) is 7.60. The van der Waals surface area contributed by atoms with Crippen LogP contribution in [0.3, 0.4) is 0 Å². The molecule has 1 aliphatic rings. The maximum absolute atomic E-state index is 13.3. The van der Waals surface area contributed by atoms with Crippen molar-refractivity contribution in [2.24, 2.45) is 0 Å². The van der Waals surface area contributed by atoms with Crippen LogP contribution in [0.2, 0.25) is 0 Å². The van der Waals surface area contributed by atoms with Gasteiger partial charge >= 0.3 is 0 Å². The zero-order valence-electron chi connectivity index (χ0n) is 16.7. The van der Waals surface area contributed by atoms with Crippen LogP contribution in [0, 0.1) is 6.92 Å². The topological polar surface area (TPSA) is 52.6 Å². The lowest BCUT2D eigenvalue weighted by molar-refractivity contribution is 0.0989. The maximum Gasteiger partial charge on any atom is 0.258 e. The van der Waals surface area contributed by atoms with Gasteiger partial charge in [-0.15, -0.1) is 0 Å². The molecular weight excluding hydrogens is 360 g/mol. The van der Waals surface area contributed by atoms with E-state index in [-0.39, 0.29) is 12.5 Å². The van der Waals surface area contributed by atoms with Gasteiger partial charge in [0.15, 0.2) is 0 Å². The molecule has 0 aromatic heterocycles. The van der Waals surface area contributed by atoms with Gasteiger partial charge in [-0.1, -0.05) is 48.5 Å². The van der Waals surface area contributed by atoms with Gasteiger partial charge in [0.2, 0.25) is 0 Å². The molecule has 0 radical (unpaired) electrons. The second-order valence-electron chi connectivity index (χ2n) is 7.42. The smallest absolute Gasteiger partial charge is 0.258 e. The Morgan fingerprint density at radius 3 is 2.66 bits per heavy atom. The van der Waals surface area contributed by atoms with Crippen molar-refractivity contribution in [1.29, 1.82) is 0 Å². The highest BCUT2D eigenvalue weighted by molar-refractivity contribution is 6.08. The van der Waals surface area contributed by atoms with E-state index in [2.05, 4.69) is 23.5 Å². The van der Waals surface area contributed by atoms with E-state index in [4.69, 9.17) is 5.11 Å². The highest BCUT2D eigenvalue weighted by Gasteiger charge is 2.27. The van der Waals surface area contributed by atoms with Crippen LogP contribution in [0.15, 0.2) is 66.7 Å². The molecule has 0 bridgehead atoms. The third-order valence-electron chi connectivity index (χ3n) is 5.55. The number of aryl methyl sites for hydroxylation is 1. The van der Waals surface area contributed by atoms with Gasteiger partial charge in [0, 0.05) is 30.9 Å². The first-order chi connectivity index (χ1) is 14.2. The fourth-order valence-corrected chi connectivity index (χ4v) is 4.02. The van der Waals surface area contributed by atoms with Crippen molar-refractivity contribution in [2.75, 3.05) is 24.6 Å². The Bertz CT molecular complexity index is 1010. The van der Waals surface area contributed by atoms with Crippen LogP contribution < -0.4 is 10.2 Å². The summed E-state index contributed by atoms with van der Waals surface area (Å²) in [6.45, 7) is 4.10. The van der Waals surface area contributed by atoms with Gasteiger partial charge in [0.25, 0.3) is 5.91 Å². The third-order valence-corrected chi connectivity index (χ3v) is 5.55. The van der Waals surface area contributed by atoms with Crippen molar-refractivity contribution < 1.29 is 9.90 Å². The van der Waals surface area contributed by atoms with Crippen LogP contribution in [0.1, 0.15) is 27.0 Å². The van der Waals surface area contributed by atoms with Crippen molar-refractivity contribution in [3.63, 3.8) is 0 Å². The highest BCUT2D eigenvalue weighted by atomic mass is 16.3. The first-order valence-corrected chi connectivity index (χ1v) is 10.1. The molecule has 0 aliphatic carbocycles. The van der Waals surface area contributed by atoms with Gasteiger partial charge in [-0.3, -0.25) is 4.79 Å². The average molecular weight is 386 g/mol. The molecule has 148 valence electrons. The van der Waals surface area contributed by atoms with Gasteiger partial charge in [0.05, 0.1) is 6.61 Å². The predicted octanol–water partition coefficient (Wildman–Crippen LogP) is 3.95. The van der Waals surface area contributed by atoms with Crippen LogP contribution >= 0.6 is 0 Å². The summed E-state index contributed by atoms with van der Waals surface area (Å²) in [5.74, 6) is 0.0481. The van der Waals surface area contributed by atoms with E-state index in [0.717, 1.165) is 23.2 Å². The summed E-state index contributed by atoms with van der Waals surface area (Å²) in [4.78, 5) is 15.2. The molecule has 3 aromatic carbocycles. The lowest BCUT2D eigenvalue weighted by Gasteiger charge is -2.19. The molecule has 29 heavy (non-hydrogen) atoms. The quantitative estimate of drug-likeness (QED) is 0.631. The van der Waals surface area contributed by atoms with Crippen molar-refractivity contribution in [3.8, 4) is 11.1 Å². The molecule has 0 spiro atoms. The molecule has 0 fully saturated rings. The lowest BCUT2D eigenvalue weighted by atomic mass is 9.98. The van der Waals surface area contributed by atoms with Crippen molar-refractivity contribution in [2.45, 2.75) is 19.9 Å². The zero-order valence-corrected chi connectivity index (χ0v) is 16.7. The second-order valence-corrected chi connectivity index (χ2v) is 7.42. The molecular formula is C25H26N2O2. The number of nitrogens with zero attached hydrogens (tertiary/aromatic N) is 1. The number of hydrogen-bond acceptors (Lipinski definition) is 3. The summed E-state index contributed by atoms with van der Waals surface area (Å²) >= 11 is 0. The molecule has 4 heteroatoms. The van der Waals surface area contributed by atoms with E-state index < -0.39 is 0 Å². The number of benzene rings is 3. The number of fused-ring (bicyclic) bond motifs is 1. The van der Waals surface area contributed by atoms with E-state index in [9.17, 15) is 4.79 Å². The Morgan fingerprint density at radius 2 is 1.90 bits per heavy atom. The minimum absolute atomic E-state index is 0.0481. The molecule has 1 heterocycles. The number of carbonyl (C=O) groups is 1. The fraction of sp³-hybridized carbons (Fsp3) is 0.240. The molecule has 0 atom stereocenters. The Kier molecular flexibility index (Phi) is 5.74. The minimum Gasteiger partial charge on any atom is -0.395 e. The van der Waals surface area contributed by atoms with Crippen LogP contribution in [-0.4, -0.2) is 30.7 Å². The molecule has 1 amide bonds. The number of aliphatic hydroxyl groups excluding tert-OH is 1. The van der Waals surface area contributed by atoms with E-state index in [0.29, 0.717) is 25.2 Å². The van der Waals surface area contributed by atoms with E-state index in [1.165, 1.54) is 16.7 Å². The van der Waals surface area contributed by atoms with Crippen LogP contribution in [0.5, 0.6) is 0 Å². The van der Waals surface area contributed by atoms with Gasteiger partial charge in [-0.25, -0.2) is 0 Å². The van der Waals surface area contributed by atoms with Gasteiger partial charge < -0.3 is 15.3 Å². The Balaban J connectivity index is 1.59. The third kappa shape index (κ3) is 3.95. The van der Waals surface area contributed by atoms with Gasteiger partial charge in [0.1, 0.15) is 0 Å². The summed E-state index contributed by atoms with van der Waals surface area (Å²) in [7, 11) is 0. The molecule has 3 aromatic rings. The number of anilines is 1. The minimum atomic E-state index is 0.0481. The van der Waals surface area contributed by atoms with Crippen molar-refractivity contribution >= 4 is 11.6 Å². The molecule has 0 unspecified atom stereocenters. The summed E-state index contributed by atoms with van der Waals surface area (Å²) < 4.78 is 0. The zero-order chi connectivity index (χ0) is 20.2. The Morgan fingerprint density at radius 1 is 1.07 bits per heavy atom. The summed E-state index contributed by atoms with van der Waals surface area (Å²) in [6, 6.07) is 22.5. The number of carbonyl (C=O) groups excluding carboxylic acids is 1. The Hall–Kier alpha value is -2.95. The van der Waals surface area contributed by atoms with Crippen LogP contribution in [0.25, 0.3) is 11.1 Å². The SMILES string of the molecule is Cc1cc(C(=O)N2CCc3c(-c4ccccc4)cccc32)ccc1CNCCO. The molecule has 4 rings (SSSR count). The van der Waals surface area contributed by atoms with Gasteiger partial charge in [-0.2, -0.15) is 0 Å². The largest absolute Gasteiger partial charge is 0.395 e. The predicted molar refractivity (Wildman–Crippen MR) is 117 cm³/mol. The monoisotopic (exact) mass is 386 g/mol. The van der Waals surface area contributed by atoms with E-state index >= 15 is 0 Å². The molecule has 0 saturated carbocycles. The molecule has 4 nitrogen and oxygen atoms in total. The number of nitrogens with one attached hydrogen (secondary N) is 1. The molecule has 2 N–H and O–H groups in total. The fourth-order valence-electron chi connectivity index (χ4n) is 4.02. The van der Waals surface area contributed by atoms with Crippen molar-refractivity contribution in [1.82, 2.24) is 5.32 Å². The standard InChI is InChI=1S/C25H26N2O2/c1-18-16-20(10-11-21(18)17-26-13-15-28)25(29)27-14-12-23-22(8-5-9-24(23)27)19-6-3-2-4-7-19/h2-11,16,26,28H,12-15,17H2,1H3. The van der Waals surface area contributed by atoms with Crippen LogP contribution in [-0.2, 0) is 13.0 Å². The average Bonchev–Trinajstić information content (AvgIpc) is 3.19. The number of rotatable bonds is 6. The second kappa shape index (κ2) is 8.60. The number of aliphatic hydroxyl groups is 1.